The Kier molecular flexibility index (Phi) is 6.38. The molecule has 0 saturated heterocycles. The molecule has 1 aromatic carbocycles. The van der Waals surface area contributed by atoms with Gasteiger partial charge in [-0.05, 0) is 75.0 Å². The van der Waals surface area contributed by atoms with E-state index in [1.54, 1.807) is 7.11 Å². The maximum Gasteiger partial charge on any atom is 0.122 e. The lowest BCUT2D eigenvalue weighted by molar-refractivity contribution is 0.410. The van der Waals surface area contributed by atoms with Crippen LogP contribution in [0.3, 0.4) is 0 Å². The van der Waals surface area contributed by atoms with Gasteiger partial charge in [-0.15, -0.1) is 0 Å². The predicted molar refractivity (Wildman–Crippen MR) is 78.6 cm³/mol. The largest absolute Gasteiger partial charge is 0.496 e. The van der Waals surface area contributed by atoms with E-state index in [4.69, 9.17) is 10.00 Å². The van der Waals surface area contributed by atoms with Gasteiger partial charge in [-0.25, -0.2) is 0 Å². The normalized spacial score (nSPS) is 10.3. The number of unbranched alkanes of at least 4 members (excludes halogenated alkanes) is 1. The minimum Gasteiger partial charge on any atom is -0.496 e. The molecular formula is C16H24N2O. The molecule has 1 N–H and O–H groups in total. The molecule has 0 aliphatic heterocycles. The van der Waals surface area contributed by atoms with Gasteiger partial charge in [0.1, 0.15) is 5.75 Å². The number of hydrogen-bond donors (Lipinski definition) is 1. The first kappa shape index (κ1) is 15.5. The van der Waals surface area contributed by atoms with Crippen LogP contribution in [0, 0.1) is 32.1 Å². The second kappa shape index (κ2) is 7.81. The summed E-state index contributed by atoms with van der Waals surface area (Å²) >= 11 is 0. The van der Waals surface area contributed by atoms with Crippen molar-refractivity contribution >= 4 is 0 Å². The Morgan fingerprint density at radius 2 is 1.95 bits per heavy atom. The standard InChI is InChI=1S/C16H24N2O/c1-12-11-16(19-4)14(3)13(2)15(12)7-10-18-9-6-5-8-17/h11,18H,5-7,9-10H2,1-4H3. The summed E-state index contributed by atoms with van der Waals surface area (Å²) in [7, 11) is 1.72. The molecule has 0 unspecified atom stereocenters. The summed E-state index contributed by atoms with van der Waals surface area (Å²) in [6.07, 6.45) is 2.58. The lowest BCUT2D eigenvalue weighted by atomic mass is 9.95. The molecule has 104 valence electrons. The number of nitrogens with zero attached hydrogens (tertiary/aromatic N) is 1. The predicted octanol–water partition coefficient (Wildman–Crippen LogP) is 3.06. The maximum atomic E-state index is 8.46. The first-order chi connectivity index (χ1) is 9.11. The minimum atomic E-state index is 0.632. The average Bonchev–Trinajstić information content (AvgIpc) is 2.41. The third-order valence-corrected chi connectivity index (χ3v) is 3.62. The Balaban J connectivity index is 2.59. The van der Waals surface area contributed by atoms with Gasteiger partial charge in [-0.2, -0.15) is 5.26 Å². The van der Waals surface area contributed by atoms with Crippen molar-refractivity contribution in [2.24, 2.45) is 0 Å². The highest BCUT2D eigenvalue weighted by molar-refractivity contribution is 5.48. The Labute approximate surface area is 116 Å². The topological polar surface area (TPSA) is 45.0 Å². The van der Waals surface area contributed by atoms with Crippen LogP contribution in [-0.4, -0.2) is 20.2 Å². The van der Waals surface area contributed by atoms with Crippen molar-refractivity contribution < 1.29 is 4.74 Å². The smallest absolute Gasteiger partial charge is 0.122 e. The monoisotopic (exact) mass is 260 g/mol. The number of nitrogens with one attached hydrogen (secondary N) is 1. The second-order valence-corrected chi connectivity index (χ2v) is 4.89. The molecular weight excluding hydrogens is 236 g/mol. The Bertz CT molecular complexity index is 461. The van der Waals surface area contributed by atoms with Crippen LogP contribution in [0.15, 0.2) is 6.07 Å². The van der Waals surface area contributed by atoms with Crippen LogP contribution in [-0.2, 0) is 6.42 Å². The molecule has 0 atom stereocenters. The Hall–Kier alpha value is -1.53. The molecule has 0 radical (unpaired) electrons. The summed E-state index contributed by atoms with van der Waals surface area (Å²) in [6.45, 7) is 8.28. The van der Waals surface area contributed by atoms with Gasteiger partial charge in [0.2, 0.25) is 0 Å². The summed E-state index contributed by atoms with van der Waals surface area (Å²) in [5.41, 5.74) is 5.26. The van der Waals surface area contributed by atoms with Crippen molar-refractivity contribution in [3.05, 3.63) is 28.3 Å². The van der Waals surface area contributed by atoms with Gasteiger partial charge in [0, 0.05) is 6.42 Å². The van der Waals surface area contributed by atoms with E-state index in [9.17, 15) is 0 Å². The van der Waals surface area contributed by atoms with Crippen molar-refractivity contribution in [3.8, 4) is 11.8 Å². The quantitative estimate of drug-likeness (QED) is 0.766. The molecule has 0 saturated carbocycles. The Morgan fingerprint density at radius 1 is 1.21 bits per heavy atom. The third-order valence-electron chi connectivity index (χ3n) is 3.62. The minimum absolute atomic E-state index is 0.632. The van der Waals surface area contributed by atoms with Crippen molar-refractivity contribution in [2.45, 2.75) is 40.0 Å². The summed E-state index contributed by atoms with van der Waals surface area (Å²) in [5.74, 6) is 0.973. The molecule has 0 aromatic heterocycles. The highest BCUT2D eigenvalue weighted by Gasteiger charge is 2.10. The van der Waals surface area contributed by atoms with Crippen LogP contribution in [0.5, 0.6) is 5.75 Å². The van der Waals surface area contributed by atoms with Crippen molar-refractivity contribution in [1.29, 1.82) is 5.26 Å². The summed E-state index contributed by atoms with van der Waals surface area (Å²) in [5, 5.41) is 11.9. The molecule has 0 heterocycles. The molecule has 1 aromatic rings. The van der Waals surface area contributed by atoms with E-state index in [0.29, 0.717) is 6.42 Å². The first-order valence-electron chi connectivity index (χ1n) is 6.83. The molecule has 0 bridgehead atoms. The molecule has 3 heteroatoms. The number of aryl methyl sites for hydroxylation is 1. The second-order valence-electron chi connectivity index (χ2n) is 4.89. The van der Waals surface area contributed by atoms with Gasteiger partial charge in [-0.1, -0.05) is 0 Å². The summed E-state index contributed by atoms with van der Waals surface area (Å²) in [4.78, 5) is 0. The van der Waals surface area contributed by atoms with Gasteiger partial charge in [0.15, 0.2) is 0 Å². The van der Waals surface area contributed by atoms with E-state index in [0.717, 1.165) is 31.7 Å². The zero-order chi connectivity index (χ0) is 14.3. The first-order valence-corrected chi connectivity index (χ1v) is 6.83. The van der Waals surface area contributed by atoms with Crippen molar-refractivity contribution in [3.63, 3.8) is 0 Å². The highest BCUT2D eigenvalue weighted by Crippen LogP contribution is 2.27. The SMILES string of the molecule is COc1cc(C)c(CCNCCCC#N)c(C)c1C. The van der Waals surface area contributed by atoms with Crippen LogP contribution >= 0.6 is 0 Å². The summed E-state index contributed by atoms with van der Waals surface area (Å²) in [6, 6.07) is 4.28. The fourth-order valence-electron chi connectivity index (χ4n) is 2.33. The highest BCUT2D eigenvalue weighted by atomic mass is 16.5. The zero-order valence-electron chi connectivity index (χ0n) is 12.5. The summed E-state index contributed by atoms with van der Waals surface area (Å²) < 4.78 is 5.39. The molecule has 19 heavy (non-hydrogen) atoms. The van der Waals surface area contributed by atoms with Crippen LogP contribution in [0.4, 0.5) is 0 Å². The number of rotatable bonds is 7. The molecule has 0 aliphatic carbocycles. The zero-order valence-corrected chi connectivity index (χ0v) is 12.5. The van der Waals surface area contributed by atoms with E-state index in [1.807, 2.05) is 0 Å². The van der Waals surface area contributed by atoms with Crippen molar-refractivity contribution in [1.82, 2.24) is 5.32 Å². The van der Waals surface area contributed by atoms with Gasteiger partial charge >= 0.3 is 0 Å². The van der Waals surface area contributed by atoms with Gasteiger partial charge in [0.25, 0.3) is 0 Å². The van der Waals surface area contributed by atoms with Gasteiger partial charge in [-0.3, -0.25) is 0 Å². The van der Waals surface area contributed by atoms with Gasteiger partial charge in [0.05, 0.1) is 13.2 Å². The number of ether oxygens (including phenoxy) is 1. The van der Waals surface area contributed by atoms with Crippen LogP contribution in [0.25, 0.3) is 0 Å². The van der Waals surface area contributed by atoms with Crippen LogP contribution < -0.4 is 10.1 Å². The van der Waals surface area contributed by atoms with E-state index in [-0.39, 0.29) is 0 Å². The number of methoxy groups -OCH3 is 1. The molecule has 3 nitrogen and oxygen atoms in total. The Morgan fingerprint density at radius 3 is 2.58 bits per heavy atom. The van der Waals surface area contributed by atoms with Crippen LogP contribution in [0.2, 0.25) is 0 Å². The molecule has 0 amide bonds. The van der Waals surface area contributed by atoms with Crippen molar-refractivity contribution in [2.75, 3.05) is 20.2 Å². The van der Waals surface area contributed by atoms with E-state index in [2.05, 4.69) is 38.2 Å². The molecule has 0 fully saturated rings. The fourth-order valence-corrected chi connectivity index (χ4v) is 2.33. The number of nitriles is 1. The number of benzene rings is 1. The molecule has 0 aliphatic rings. The maximum absolute atomic E-state index is 8.46. The molecule has 0 spiro atoms. The fraction of sp³-hybridized carbons (Fsp3) is 0.562. The average molecular weight is 260 g/mol. The van der Waals surface area contributed by atoms with Crippen LogP contribution in [0.1, 0.15) is 35.1 Å². The lowest BCUT2D eigenvalue weighted by Gasteiger charge is -2.16. The number of hydrogen-bond acceptors (Lipinski definition) is 3. The van der Waals surface area contributed by atoms with E-state index in [1.165, 1.54) is 22.3 Å². The van der Waals surface area contributed by atoms with E-state index >= 15 is 0 Å². The van der Waals surface area contributed by atoms with Gasteiger partial charge < -0.3 is 10.1 Å². The molecule has 1 rings (SSSR count). The van der Waals surface area contributed by atoms with E-state index < -0.39 is 0 Å². The third kappa shape index (κ3) is 4.25. The lowest BCUT2D eigenvalue weighted by Crippen LogP contribution is -2.19.